The van der Waals surface area contributed by atoms with Crippen molar-refractivity contribution in [3.63, 3.8) is 0 Å². The van der Waals surface area contributed by atoms with Crippen LogP contribution in [0.25, 0.3) is 0 Å². The molecule has 0 spiro atoms. The average Bonchev–Trinajstić information content (AvgIpc) is 3.43. The van der Waals surface area contributed by atoms with Gasteiger partial charge in [0, 0.05) is 29.6 Å². The number of carbonyl (C=O) groups is 1. The summed E-state index contributed by atoms with van der Waals surface area (Å²) >= 11 is 0. The summed E-state index contributed by atoms with van der Waals surface area (Å²) in [6.07, 6.45) is 6.59. The summed E-state index contributed by atoms with van der Waals surface area (Å²) in [5.41, 5.74) is 7.97. The molecule has 7 nitrogen and oxygen atoms in total. The van der Waals surface area contributed by atoms with Gasteiger partial charge in [0.2, 0.25) is 0 Å². The highest BCUT2D eigenvalue weighted by atomic mass is 16.1. The van der Waals surface area contributed by atoms with Crippen LogP contribution in [-0.2, 0) is 5.66 Å². The number of nitrogens with zero attached hydrogens (tertiary/aromatic N) is 4. The first-order chi connectivity index (χ1) is 12.1. The standard InChI is InChI=1S/C18H18N6O/c1-11-16(19)24-18(23-11,12-5-6-12)13-3-2-4-14(9-13)22-17(25)15-10-20-7-8-21-15/h2-4,7-10,12H,5-6H2,1H3,(H2,19,24)(H,22,25). The van der Waals surface area contributed by atoms with E-state index in [1.165, 1.54) is 18.6 Å². The van der Waals surface area contributed by atoms with Gasteiger partial charge in [0.1, 0.15) is 11.5 Å². The second kappa shape index (κ2) is 5.77. The molecule has 1 unspecified atom stereocenters. The zero-order valence-corrected chi connectivity index (χ0v) is 13.8. The summed E-state index contributed by atoms with van der Waals surface area (Å²) < 4.78 is 0. The Labute approximate surface area is 145 Å². The zero-order valence-electron chi connectivity index (χ0n) is 13.8. The van der Waals surface area contributed by atoms with E-state index in [1.54, 1.807) is 0 Å². The van der Waals surface area contributed by atoms with Gasteiger partial charge in [0.05, 0.1) is 11.9 Å². The quantitative estimate of drug-likeness (QED) is 0.893. The molecule has 1 amide bonds. The number of benzene rings is 1. The monoisotopic (exact) mass is 334 g/mol. The predicted molar refractivity (Wildman–Crippen MR) is 95.6 cm³/mol. The van der Waals surface area contributed by atoms with Gasteiger partial charge < -0.3 is 11.1 Å². The van der Waals surface area contributed by atoms with Gasteiger partial charge in [-0.2, -0.15) is 0 Å². The number of carbonyl (C=O) groups excluding carboxylic acids is 1. The van der Waals surface area contributed by atoms with Crippen molar-refractivity contribution in [3.8, 4) is 0 Å². The number of hydrogen-bond acceptors (Lipinski definition) is 6. The van der Waals surface area contributed by atoms with Crippen molar-refractivity contribution in [1.29, 1.82) is 0 Å². The smallest absolute Gasteiger partial charge is 0.275 e. The maximum absolute atomic E-state index is 12.3. The number of aliphatic imine (C=N–C) groups is 2. The normalized spacial score (nSPS) is 22.3. The summed E-state index contributed by atoms with van der Waals surface area (Å²) in [4.78, 5) is 29.6. The third-order valence-electron chi connectivity index (χ3n) is 4.49. The molecule has 2 aromatic rings. The minimum absolute atomic E-state index is 0.266. The van der Waals surface area contributed by atoms with Crippen molar-refractivity contribution in [2.75, 3.05) is 5.32 Å². The minimum Gasteiger partial charge on any atom is -0.382 e. The van der Waals surface area contributed by atoms with Crippen LogP contribution in [0.1, 0.15) is 35.8 Å². The lowest BCUT2D eigenvalue weighted by atomic mass is 9.95. The fraction of sp³-hybridized carbons (Fsp3) is 0.278. The Bertz CT molecular complexity index is 867. The molecule has 25 heavy (non-hydrogen) atoms. The molecule has 2 heterocycles. The third kappa shape index (κ3) is 2.77. The van der Waals surface area contributed by atoms with Gasteiger partial charge >= 0.3 is 0 Å². The molecule has 1 aliphatic heterocycles. The van der Waals surface area contributed by atoms with E-state index in [2.05, 4.69) is 20.3 Å². The fourth-order valence-corrected chi connectivity index (χ4v) is 3.07. The highest BCUT2D eigenvalue weighted by Gasteiger charge is 2.49. The molecule has 3 N–H and O–H groups in total. The van der Waals surface area contributed by atoms with Gasteiger partial charge in [-0.15, -0.1) is 0 Å². The van der Waals surface area contributed by atoms with E-state index in [1.807, 2.05) is 31.2 Å². The summed E-state index contributed by atoms with van der Waals surface area (Å²) in [6.45, 7) is 1.88. The molecular weight excluding hydrogens is 316 g/mol. The minimum atomic E-state index is -0.651. The van der Waals surface area contributed by atoms with Crippen molar-refractivity contribution in [1.82, 2.24) is 9.97 Å². The van der Waals surface area contributed by atoms with Crippen molar-refractivity contribution >= 4 is 23.1 Å². The molecule has 7 heteroatoms. The Kier molecular flexibility index (Phi) is 3.56. The van der Waals surface area contributed by atoms with Gasteiger partial charge in [-0.05, 0) is 31.9 Å². The van der Waals surface area contributed by atoms with Gasteiger partial charge in [0.15, 0.2) is 5.66 Å². The van der Waals surface area contributed by atoms with Crippen LogP contribution in [0.15, 0.2) is 52.8 Å². The summed E-state index contributed by atoms with van der Waals surface area (Å²) in [6, 6.07) is 7.61. The number of anilines is 1. The molecule has 0 saturated heterocycles. The number of aromatic nitrogens is 2. The molecule has 2 aliphatic rings. The predicted octanol–water partition coefficient (Wildman–Crippen LogP) is 2.12. The van der Waals surface area contributed by atoms with Crippen LogP contribution in [-0.4, -0.2) is 27.4 Å². The molecular formula is C18H18N6O. The molecule has 0 bridgehead atoms. The molecule has 1 aromatic carbocycles. The van der Waals surface area contributed by atoms with Crippen molar-refractivity contribution in [2.24, 2.45) is 21.6 Å². The van der Waals surface area contributed by atoms with E-state index in [0.29, 0.717) is 17.4 Å². The van der Waals surface area contributed by atoms with Gasteiger partial charge in [-0.3, -0.25) is 14.8 Å². The molecule has 1 fully saturated rings. The van der Waals surface area contributed by atoms with E-state index >= 15 is 0 Å². The maximum Gasteiger partial charge on any atom is 0.275 e. The van der Waals surface area contributed by atoms with Crippen molar-refractivity contribution < 1.29 is 4.79 Å². The summed E-state index contributed by atoms with van der Waals surface area (Å²) in [5.74, 6) is 0.537. The van der Waals surface area contributed by atoms with E-state index in [9.17, 15) is 4.79 Å². The Morgan fingerprint density at radius 3 is 2.76 bits per heavy atom. The largest absolute Gasteiger partial charge is 0.382 e. The fourth-order valence-electron chi connectivity index (χ4n) is 3.07. The first-order valence-electron chi connectivity index (χ1n) is 8.18. The molecule has 1 saturated carbocycles. The van der Waals surface area contributed by atoms with Crippen molar-refractivity contribution in [3.05, 3.63) is 54.1 Å². The highest BCUT2D eigenvalue weighted by Crippen LogP contribution is 2.51. The van der Waals surface area contributed by atoms with Crippen LogP contribution in [0.3, 0.4) is 0 Å². The van der Waals surface area contributed by atoms with E-state index in [4.69, 9.17) is 10.7 Å². The number of amides is 1. The molecule has 1 atom stereocenters. The average molecular weight is 334 g/mol. The summed E-state index contributed by atoms with van der Waals surface area (Å²) in [7, 11) is 0. The Hall–Kier alpha value is -3.09. The van der Waals surface area contributed by atoms with Gasteiger partial charge in [-0.1, -0.05) is 12.1 Å². The zero-order chi connectivity index (χ0) is 17.4. The third-order valence-corrected chi connectivity index (χ3v) is 4.49. The van der Waals surface area contributed by atoms with Crippen LogP contribution in [0.4, 0.5) is 5.69 Å². The number of nitrogens with one attached hydrogen (secondary N) is 1. The molecule has 0 radical (unpaired) electrons. The van der Waals surface area contributed by atoms with Crippen LogP contribution >= 0.6 is 0 Å². The Morgan fingerprint density at radius 1 is 1.28 bits per heavy atom. The van der Waals surface area contributed by atoms with Crippen LogP contribution in [0.5, 0.6) is 0 Å². The Balaban J connectivity index is 1.65. The molecule has 126 valence electrons. The van der Waals surface area contributed by atoms with Gasteiger partial charge in [0.25, 0.3) is 5.91 Å². The van der Waals surface area contributed by atoms with Crippen molar-refractivity contribution in [2.45, 2.75) is 25.4 Å². The highest BCUT2D eigenvalue weighted by molar-refractivity contribution is 6.41. The molecule has 1 aromatic heterocycles. The SMILES string of the molecule is CC1=NC(c2cccc(NC(=O)c3cnccn3)c2)(C2CC2)N=C1N. The second-order valence-corrected chi connectivity index (χ2v) is 6.32. The summed E-state index contributed by atoms with van der Waals surface area (Å²) in [5, 5.41) is 2.85. The number of amidine groups is 1. The number of rotatable bonds is 4. The van der Waals surface area contributed by atoms with Gasteiger partial charge in [-0.25, -0.2) is 9.98 Å². The van der Waals surface area contributed by atoms with Crippen LogP contribution in [0.2, 0.25) is 0 Å². The van der Waals surface area contributed by atoms with Crippen LogP contribution < -0.4 is 11.1 Å². The molecule has 4 rings (SSSR count). The van der Waals surface area contributed by atoms with E-state index < -0.39 is 5.66 Å². The van der Waals surface area contributed by atoms with E-state index in [-0.39, 0.29) is 11.6 Å². The topological polar surface area (TPSA) is 106 Å². The second-order valence-electron chi connectivity index (χ2n) is 6.32. The first-order valence-corrected chi connectivity index (χ1v) is 8.18. The van der Waals surface area contributed by atoms with Crippen LogP contribution in [0, 0.1) is 5.92 Å². The molecule has 1 aliphatic carbocycles. The number of hydrogen-bond donors (Lipinski definition) is 2. The lowest BCUT2D eigenvalue weighted by Gasteiger charge is -2.24. The Morgan fingerprint density at radius 2 is 2.12 bits per heavy atom. The lowest BCUT2D eigenvalue weighted by Crippen LogP contribution is -2.23. The lowest BCUT2D eigenvalue weighted by molar-refractivity contribution is 0.102. The maximum atomic E-state index is 12.3. The first kappa shape index (κ1) is 15.4. The number of nitrogens with two attached hydrogens (primary N) is 1. The van der Waals surface area contributed by atoms with E-state index in [0.717, 1.165) is 24.1 Å².